The molecule has 0 bridgehead atoms. The lowest BCUT2D eigenvalue weighted by Gasteiger charge is -1.96. The van der Waals surface area contributed by atoms with Gasteiger partial charge in [0.1, 0.15) is 0 Å². The number of aromatic nitrogens is 1. The summed E-state index contributed by atoms with van der Waals surface area (Å²) in [5.41, 5.74) is 2.27. The van der Waals surface area contributed by atoms with Crippen LogP contribution in [0.25, 0.3) is 10.9 Å². The SMILES string of the molecule is Cc1ccc(S(C)(=O)=O)cc1.c1ccc2[nH]ccc2c1. The van der Waals surface area contributed by atoms with Crippen LogP contribution in [0.2, 0.25) is 0 Å². The third kappa shape index (κ3) is 3.71. The third-order valence-corrected chi connectivity index (χ3v) is 4.04. The molecule has 3 aromatic rings. The van der Waals surface area contributed by atoms with Crippen molar-refractivity contribution in [2.24, 2.45) is 0 Å². The molecule has 0 spiro atoms. The number of rotatable bonds is 1. The molecule has 0 aliphatic carbocycles. The summed E-state index contributed by atoms with van der Waals surface area (Å²) < 4.78 is 21.9. The minimum atomic E-state index is -3.02. The standard InChI is InChI=1S/C8H7N.C8H10O2S/c1-2-4-8-7(3-1)5-6-9-8;1-7-3-5-8(6-4-7)11(2,9)10/h1-6,9H;3-6H,1-2H3. The quantitative estimate of drug-likeness (QED) is 0.744. The lowest BCUT2D eigenvalue weighted by Crippen LogP contribution is -1.95. The summed E-state index contributed by atoms with van der Waals surface area (Å²) in [5.74, 6) is 0. The molecule has 2 aromatic carbocycles. The van der Waals surface area contributed by atoms with Crippen molar-refractivity contribution in [1.82, 2.24) is 4.98 Å². The minimum Gasteiger partial charge on any atom is -0.361 e. The average molecular weight is 287 g/mol. The summed E-state index contributed by atoms with van der Waals surface area (Å²) >= 11 is 0. The number of para-hydroxylation sites is 1. The van der Waals surface area contributed by atoms with Gasteiger partial charge in [-0.1, -0.05) is 35.9 Å². The van der Waals surface area contributed by atoms with E-state index in [1.54, 1.807) is 24.3 Å². The first kappa shape index (κ1) is 14.3. The van der Waals surface area contributed by atoms with Gasteiger partial charge in [0, 0.05) is 18.0 Å². The number of aryl methyl sites for hydroxylation is 1. The van der Waals surface area contributed by atoms with E-state index in [-0.39, 0.29) is 0 Å². The lowest BCUT2D eigenvalue weighted by molar-refractivity contribution is 0.602. The first-order chi connectivity index (χ1) is 9.47. The van der Waals surface area contributed by atoms with Crippen LogP contribution in [0, 0.1) is 6.92 Å². The van der Waals surface area contributed by atoms with Crippen molar-refractivity contribution < 1.29 is 8.42 Å². The summed E-state index contributed by atoms with van der Waals surface area (Å²) in [6.45, 7) is 1.92. The van der Waals surface area contributed by atoms with Crippen molar-refractivity contribution >= 4 is 20.7 Å². The second-order valence-corrected chi connectivity index (χ2v) is 6.67. The zero-order valence-corrected chi connectivity index (χ0v) is 12.3. The maximum absolute atomic E-state index is 10.9. The molecular weight excluding hydrogens is 270 g/mol. The highest BCUT2D eigenvalue weighted by Crippen LogP contribution is 2.09. The van der Waals surface area contributed by atoms with Crippen LogP contribution in [0.5, 0.6) is 0 Å². The van der Waals surface area contributed by atoms with Gasteiger partial charge >= 0.3 is 0 Å². The molecule has 104 valence electrons. The third-order valence-electron chi connectivity index (χ3n) is 2.91. The lowest BCUT2D eigenvalue weighted by atomic mass is 10.2. The molecule has 1 heterocycles. The van der Waals surface area contributed by atoms with Gasteiger partial charge in [-0.3, -0.25) is 0 Å². The molecule has 0 aliphatic heterocycles. The molecule has 3 rings (SSSR count). The normalized spacial score (nSPS) is 10.9. The molecule has 20 heavy (non-hydrogen) atoms. The molecule has 0 unspecified atom stereocenters. The van der Waals surface area contributed by atoms with Crippen LogP contribution in [0.3, 0.4) is 0 Å². The van der Waals surface area contributed by atoms with Gasteiger partial charge in [-0.15, -0.1) is 0 Å². The number of fused-ring (bicyclic) bond motifs is 1. The molecule has 3 nitrogen and oxygen atoms in total. The first-order valence-corrected chi connectivity index (χ1v) is 8.15. The van der Waals surface area contributed by atoms with Crippen LogP contribution in [0.15, 0.2) is 65.7 Å². The van der Waals surface area contributed by atoms with Crippen molar-refractivity contribution in [1.29, 1.82) is 0 Å². The molecule has 0 radical (unpaired) electrons. The summed E-state index contributed by atoms with van der Waals surface area (Å²) in [4.78, 5) is 3.50. The summed E-state index contributed by atoms with van der Waals surface area (Å²) in [6, 6.07) is 17.1. The predicted octanol–water partition coefficient (Wildman–Crippen LogP) is 3.57. The molecule has 0 saturated carbocycles. The minimum absolute atomic E-state index is 0.378. The number of hydrogen-bond acceptors (Lipinski definition) is 2. The second-order valence-electron chi connectivity index (χ2n) is 4.65. The van der Waals surface area contributed by atoms with Crippen LogP contribution < -0.4 is 0 Å². The largest absolute Gasteiger partial charge is 0.361 e. The Bertz CT molecular complexity index is 756. The van der Waals surface area contributed by atoms with Crippen LogP contribution in [0.4, 0.5) is 0 Å². The van der Waals surface area contributed by atoms with Crippen LogP contribution >= 0.6 is 0 Å². The molecule has 0 atom stereocenters. The van der Waals surface area contributed by atoms with Crippen LogP contribution in [-0.4, -0.2) is 19.7 Å². The monoisotopic (exact) mass is 287 g/mol. The molecule has 0 aliphatic rings. The molecule has 0 amide bonds. The highest BCUT2D eigenvalue weighted by Gasteiger charge is 2.04. The second kappa shape index (κ2) is 5.92. The van der Waals surface area contributed by atoms with E-state index in [0.717, 1.165) is 5.56 Å². The zero-order chi connectivity index (χ0) is 14.6. The molecule has 0 saturated heterocycles. The maximum Gasteiger partial charge on any atom is 0.175 e. The van der Waals surface area contributed by atoms with Crippen molar-refractivity contribution in [3.63, 3.8) is 0 Å². The van der Waals surface area contributed by atoms with E-state index < -0.39 is 9.84 Å². The zero-order valence-electron chi connectivity index (χ0n) is 11.5. The molecule has 0 fully saturated rings. The summed E-state index contributed by atoms with van der Waals surface area (Å²) in [6.07, 6.45) is 3.16. The van der Waals surface area contributed by atoms with Gasteiger partial charge in [-0.25, -0.2) is 8.42 Å². The fourth-order valence-electron chi connectivity index (χ4n) is 1.78. The van der Waals surface area contributed by atoms with E-state index in [0.29, 0.717) is 4.90 Å². The maximum atomic E-state index is 10.9. The van der Waals surface area contributed by atoms with Gasteiger partial charge in [-0.05, 0) is 36.6 Å². The van der Waals surface area contributed by atoms with Gasteiger partial charge in [0.2, 0.25) is 0 Å². The summed E-state index contributed by atoms with van der Waals surface area (Å²) in [7, 11) is -3.02. The Labute approximate surface area is 119 Å². The van der Waals surface area contributed by atoms with Crippen molar-refractivity contribution in [2.45, 2.75) is 11.8 Å². The first-order valence-electron chi connectivity index (χ1n) is 6.26. The molecular formula is C16H17NO2S. The Morgan fingerprint density at radius 1 is 0.900 bits per heavy atom. The summed E-state index contributed by atoms with van der Waals surface area (Å²) in [5, 5.41) is 1.28. The predicted molar refractivity (Wildman–Crippen MR) is 82.6 cm³/mol. The average Bonchev–Trinajstić information content (AvgIpc) is 2.87. The van der Waals surface area contributed by atoms with E-state index >= 15 is 0 Å². The highest BCUT2D eigenvalue weighted by molar-refractivity contribution is 7.90. The Morgan fingerprint density at radius 3 is 2.15 bits per heavy atom. The van der Waals surface area contributed by atoms with E-state index in [2.05, 4.69) is 23.2 Å². The molecule has 1 aromatic heterocycles. The van der Waals surface area contributed by atoms with Gasteiger partial charge < -0.3 is 4.98 Å². The van der Waals surface area contributed by atoms with Gasteiger partial charge in [0.05, 0.1) is 4.90 Å². The Hall–Kier alpha value is -2.07. The van der Waals surface area contributed by atoms with E-state index in [9.17, 15) is 8.42 Å². The Morgan fingerprint density at radius 2 is 1.55 bits per heavy atom. The van der Waals surface area contributed by atoms with Crippen molar-refractivity contribution in [2.75, 3.05) is 6.26 Å². The smallest absolute Gasteiger partial charge is 0.175 e. The number of nitrogens with one attached hydrogen (secondary N) is 1. The van der Waals surface area contributed by atoms with Crippen LogP contribution in [0.1, 0.15) is 5.56 Å². The number of sulfone groups is 1. The van der Waals surface area contributed by atoms with Crippen molar-refractivity contribution in [3.05, 3.63) is 66.4 Å². The number of hydrogen-bond donors (Lipinski definition) is 1. The van der Waals surface area contributed by atoms with E-state index in [4.69, 9.17) is 0 Å². The number of aromatic amines is 1. The van der Waals surface area contributed by atoms with Gasteiger partial charge in [0.25, 0.3) is 0 Å². The Balaban J connectivity index is 0.000000149. The topological polar surface area (TPSA) is 49.9 Å². The van der Waals surface area contributed by atoms with Crippen molar-refractivity contribution in [3.8, 4) is 0 Å². The highest BCUT2D eigenvalue weighted by atomic mass is 32.2. The van der Waals surface area contributed by atoms with E-state index in [1.807, 2.05) is 25.3 Å². The number of H-pyrrole nitrogens is 1. The fourth-order valence-corrected chi connectivity index (χ4v) is 2.41. The number of benzene rings is 2. The van der Waals surface area contributed by atoms with Crippen LogP contribution in [-0.2, 0) is 9.84 Å². The Kier molecular flexibility index (Phi) is 4.25. The molecule has 1 N–H and O–H groups in total. The fraction of sp³-hybridized carbons (Fsp3) is 0.125. The molecule has 4 heteroatoms. The van der Waals surface area contributed by atoms with Gasteiger partial charge in [0.15, 0.2) is 9.84 Å². The van der Waals surface area contributed by atoms with E-state index in [1.165, 1.54) is 17.2 Å². The van der Waals surface area contributed by atoms with Gasteiger partial charge in [-0.2, -0.15) is 0 Å².